The molecule has 0 aliphatic carbocycles. The van der Waals surface area contributed by atoms with Crippen molar-refractivity contribution in [2.75, 3.05) is 13.7 Å². The lowest BCUT2D eigenvalue weighted by Crippen LogP contribution is -2.40. The van der Waals surface area contributed by atoms with Crippen LogP contribution < -0.4 is 10.1 Å². The minimum Gasteiger partial charge on any atom is -0.495 e. The number of rotatable bonds is 3. The lowest BCUT2D eigenvalue weighted by atomic mass is 9.94. The molecule has 98 valence electrons. The first kappa shape index (κ1) is 13.4. The zero-order chi connectivity index (χ0) is 13.1. The molecule has 1 fully saturated rings. The summed E-state index contributed by atoms with van der Waals surface area (Å²) in [6, 6.07) is 3.47. The first-order chi connectivity index (χ1) is 8.63. The number of Topliss-reactive ketones (excluding diaryl/α,β-unsaturated/α-hetero) is 1. The number of carbonyl (C=O) groups excluding carboxylic acids is 1. The van der Waals surface area contributed by atoms with E-state index in [0.29, 0.717) is 16.3 Å². The molecule has 1 N–H and O–H groups in total. The van der Waals surface area contributed by atoms with E-state index < -0.39 is 0 Å². The highest BCUT2D eigenvalue weighted by Gasteiger charge is 2.23. The summed E-state index contributed by atoms with van der Waals surface area (Å²) < 4.78 is 5.15. The Morgan fingerprint density at radius 1 is 1.44 bits per heavy atom. The van der Waals surface area contributed by atoms with Crippen molar-refractivity contribution in [2.45, 2.75) is 32.2 Å². The van der Waals surface area contributed by atoms with E-state index in [1.807, 2.05) is 13.0 Å². The summed E-state index contributed by atoms with van der Waals surface area (Å²) in [5, 5.41) is 3.76. The highest BCUT2D eigenvalue weighted by Crippen LogP contribution is 2.29. The van der Waals surface area contributed by atoms with Gasteiger partial charge < -0.3 is 10.1 Å². The fourth-order valence-corrected chi connectivity index (χ4v) is 2.58. The summed E-state index contributed by atoms with van der Waals surface area (Å²) in [4.78, 5) is 12.4. The SMILES string of the molecule is COc1cc(C)c(C(=O)C2CCCCN2)cc1Cl. The summed E-state index contributed by atoms with van der Waals surface area (Å²) >= 11 is 6.09. The fraction of sp³-hybridized carbons (Fsp3) is 0.500. The predicted octanol–water partition coefficient (Wildman–Crippen LogP) is 2.98. The van der Waals surface area contributed by atoms with Crippen LogP contribution in [-0.2, 0) is 0 Å². The monoisotopic (exact) mass is 267 g/mol. The first-order valence-electron chi connectivity index (χ1n) is 6.25. The Morgan fingerprint density at radius 2 is 2.22 bits per heavy atom. The fourth-order valence-electron chi connectivity index (χ4n) is 2.34. The van der Waals surface area contributed by atoms with Crippen molar-refractivity contribution in [3.8, 4) is 5.75 Å². The molecule has 1 aromatic rings. The molecule has 0 spiro atoms. The quantitative estimate of drug-likeness (QED) is 0.856. The predicted molar refractivity (Wildman–Crippen MR) is 72.7 cm³/mol. The van der Waals surface area contributed by atoms with Gasteiger partial charge in [-0.2, -0.15) is 0 Å². The van der Waals surface area contributed by atoms with Crippen LogP contribution in [0.5, 0.6) is 5.75 Å². The Balaban J connectivity index is 2.27. The van der Waals surface area contributed by atoms with E-state index in [4.69, 9.17) is 16.3 Å². The van der Waals surface area contributed by atoms with Crippen LogP contribution in [0, 0.1) is 6.92 Å². The second-order valence-electron chi connectivity index (χ2n) is 4.67. The number of benzene rings is 1. The van der Waals surface area contributed by atoms with Gasteiger partial charge in [0.15, 0.2) is 5.78 Å². The molecule has 0 saturated carbocycles. The molecule has 0 amide bonds. The standard InChI is InChI=1S/C14H18ClNO2/c1-9-7-13(18-2)11(15)8-10(9)14(17)12-5-3-4-6-16-12/h7-8,12,16H,3-6H2,1-2H3. The molecular weight excluding hydrogens is 250 g/mol. The van der Waals surface area contributed by atoms with E-state index in [1.54, 1.807) is 13.2 Å². The minimum atomic E-state index is -0.0677. The number of ether oxygens (including phenoxy) is 1. The summed E-state index contributed by atoms with van der Waals surface area (Å²) in [6.07, 6.45) is 3.15. The number of hydrogen-bond acceptors (Lipinski definition) is 3. The van der Waals surface area contributed by atoms with Gasteiger partial charge in [-0.1, -0.05) is 18.0 Å². The van der Waals surface area contributed by atoms with Crippen molar-refractivity contribution in [3.05, 3.63) is 28.3 Å². The van der Waals surface area contributed by atoms with Crippen LogP contribution in [0.3, 0.4) is 0 Å². The van der Waals surface area contributed by atoms with Crippen molar-refractivity contribution >= 4 is 17.4 Å². The molecule has 1 saturated heterocycles. The average molecular weight is 268 g/mol. The summed E-state index contributed by atoms with van der Waals surface area (Å²) in [6.45, 7) is 2.83. The van der Waals surface area contributed by atoms with Crippen LogP contribution in [0.15, 0.2) is 12.1 Å². The minimum absolute atomic E-state index is 0.0677. The maximum Gasteiger partial charge on any atom is 0.180 e. The summed E-state index contributed by atoms with van der Waals surface area (Å²) in [5.74, 6) is 0.749. The van der Waals surface area contributed by atoms with Crippen molar-refractivity contribution < 1.29 is 9.53 Å². The van der Waals surface area contributed by atoms with Gasteiger partial charge in [0.2, 0.25) is 0 Å². The molecule has 18 heavy (non-hydrogen) atoms. The Labute approximate surface area is 112 Å². The number of piperidine rings is 1. The van der Waals surface area contributed by atoms with Gasteiger partial charge in [-0.25, -0.2) is 0 Å². The molecule has 0 radical (unpaired) electrons. The van der Waals surface area contributed by atoms with E-state index in [2.05, 4.69) is 5.32 Å². The van der Waals surface area contributed by atoms with Crippen LogP contribution in [0.1, 0.15) is 35.2 Å². The molecule has 1 heterocycles. The molecule has 1 aliphatic rings. The van der Waals surface area contributed by atoms with Gasteiger partial charge in [-0.3, -0.25) is 4.79 Å². The zero-order valence-corrected chi connectivity index (χ0v) is 11.5. The number of aryl methyl sites for hydroxylation is 1. The van der Waals surface area contributed by atoms with Gasteiger partial charge in [0, 0.05) is 5.56 Å². The molecular formula is C14H18ClNO2. The summed E-state index contributed by atoms with van der Waals surface area (Å²) in [5.41, 5.74) is 1.61. The number of ketones is 1. The maximum atomic E-state index is 12.4. The smallest absolute Gasteiger partial charge is 0.180 e. The Kier molecular flexibility index (Phi) is 4.25. The van der Waals surface area contributed by atoms with Crippen LogP contribution in [0.2, 0.25) is 5.02 Å². The normalized spacial score (nSPS) is 19.6. The number of halogens is 1. The zero-order valence-electron chi connectivity index (χ0n) is 10.8. The number of hydrogen-bond donors (Lipinski definition) is 1. The Morgan fingerprint density at radius 3 is 2.83 bits per heavy atom. The topological polar surface area (TPSA) is 38.3 Å². The van der Waals surface area contributed by atoms with Gasteiger partial charge >= 0.3 is 0 Å². The van der Waals surface area contributed by atoms with Gasteiger partial charge in [-0.15, -0.1) is 0 Å². The lowest BCUT2D eigenvalue weighted by molar-refractivity contribution is 0.0926. The van der Waals surface area contributed by atoms with E-state index in [-0.39, 0.29) is 11.8 Å². The third-order valence-electron chi connectivity index (χ3n) is 3.39. The van der Waals surface area contributed by atoms with Gasteiger partial charge in [0.05, 0.1) is 18.2 Å². The second-order valence-corrected chi connectivity index (χ2v) is 5.08. The molecule has 0 aromatic heterocycles. The summed E-state index contributed by atoms with van der Waals surface area (Å²) in [7, 11) is 1.57. The molecule has 4 heteroatoms. The van der Waals surface area contributed by atoms with Crippen molar-refractivity contribution in [1.82, 2.24) is 5.32 Å². The lowest BCUT2D eigenvalue weighted by Gasteiger charge is -2.23. The van der Waals surface area contributed by atoms with Crippen molar-refractivity contribution in [1.29, 1.82) is 0 Å². The third kappa shape index (κ3) is 2.68. The van der Waals surface area contributed by atoms with E-state index in [1.165, 1.54) is 0 Å². The van der Waals surface area contributed by atoms with E-state index in [0.717, 1.165) is 31.4 Å². The average Bonchev–Trinajstić information content (AvgIpc) is 2.41. The Hall–Kier alpha value is -1.06. The maximum absolute atomic E-state index is 12.4. The van der Waals surface area contributed by atoms with Gasteiger partial charge in [0.25, 0.3) is 0 Å². The first-order valence-corrected chi connectivity index (χ1v) is 6.63. The van der Waals surface area contributed by atoms with E-state index >= 15 is 0 Å². The molecule has 3 nitrogen and oxygen atoms in total. The molecule has 1 aliphatic heterocycles. The Bertz CT molecular complexity index is 453. The van der Waals surface area contributed by atoms with Crippen LogP contribution in [0.25, 0.3) is 0 Å². The van der Waals surface area contributed by atoms with Crippen LogP contribution in [-0.4, -0.2) is 25.5 Å². The molecule has 0 bridgehead atoms. The number of nitrogens with one attached hydrogen (secondary N) is 1. The van der Waals surface area contributed by atoms with Crippen LogP contribution >= 0.6 is 11.6 Å². The van der Waals surface area contributed by atoms with Gasteiger partial charge in [0.1, 0.15) is 5.75 Å². The molecule has 1 unspecified atom stereocenters. The van der Waals surface area contributed by atoms with Gasteiger partial charge in [-0.05, 0) is 44.0 Å². The van der Waals surface area contributed by atoms with E-state index in [9.17, 15) is 4.79 Å². The molecule has 1 aromatic carbocycles. The van der Waals surface area contributed by atoms with Crippen molar-refractivity contribution in [2.24, 2.45) is 0 Å². The largest absolute Gasteiger partial charge is 0.495 e. The highest BCUT2D eigenvalue weighted by atomic mass is 35.5. The second kappa shape index (κ2) is 5.72. The van der Waals surface area contributed by atoms with Crippen molar-refractivity contribution in [3.63, 3.8) is 0 Å². The molecule has 2 rings (SSSR count). The number of methoxy groups -OCH3 is 1. The number of carbonyl (C=O) groups is 1. The highest BCUT2D eigenvalue weighted by molar-refractivity contribution is 6.32. The molecule has 1 atom stereocenters. The third-order valence-corrected chi connectivity index (χ3v) is 3.69. The van der Waals surface area contributed by atoms with Crippen LogP contribution in [0.4, 0.5) is 0 Å².